The molecule has 0 bridgehead atoms. The van der Waals surface area contributed by atoms with Crippen LogP contribution in [0.1, 0.15) is 39.6 Å². The monoisotopic (exact) mass is 487 g/mol. The summed E-state index contributed by atoms with van der Waals surface area (Å²) in [6.07, 6.45) is 0.796. The van der Waals surface area contributed by atoms with E-state index in [4.69, 9.17) is 5.73 Å². The van der Waals surface area contributed by atoms with E-state index in [2.05, 4.69) is 15.5 Å². The summed E-state index contributed by atoms with van der Waals surface area (Å²) in [5, 5.41) is 5.75. The van der Waals surface area contributed by atoms with Gasteiger partial charge in [0.1, 0.15) is 0 Å². The molecular weight excluding hydrogens is 454 g/mol. The van der Waals surface area contributed by atoms with Crippen molar-refractivity contribution in [3.63, 3.8) is 0 Å². The molecule has 8 nitrogen and oxygen atoms in total. The van der Waals surface area contributed by atoms with E-state index in [1.165, 1.54) is 6.92 Å². The summed E-state index contributed by atoms with van der Waals surface area (Å²) in [6, 6.07) is 20.9. The minimum atomic E-state index is -0.246. The molecule has 3 amide bonds. The van der Waals surface area contributed by atoms with E-state index in [0.717, 1.165) is 18.5 Å². The van der Waals surface area contributed by atoms with Gasteiger partial charge < -0.3 is 26.2 Å². The van der Waals surface area contributed by atoms with Crippen molar-refractivity contribution in [2.24, 2.45) is 0 Å². The molecule has 0 saturated carbocycles. The zero-order chi connectivity index (χ0) is 26.1. The number of nitrogen functional groups attached to an aromatic ring is 1. The number of carbonyl (C=O) groups excluding carboxylic acids is 3. The van der Waals surface area contributed by atoms with Crippen molar-refractivity contribution >= 4 is 34.8 Å². The quantitative estimate of drug-likeness (QED) is 0.284. The van der Waals surface area contributed by atoms with E-state index in [1.54, 1.807) is 65.6 Å². The highest BCUT2D eigenvalue weighted by Gasteiger charge is 2.16. The average Bonchev–Trinajstić information content (AvgIpc) is 2.85. The van der Waals surface area contributed by atoms with E-state index in [-0.39, 0.29) is 17.7 Å². The summed E-state index contributed by atoms with van der Waals surface area (Å²) in [6.45, 7) is 3.23. The highest BCUT2D eigenvalue weighted by atomic mass is 16.2. The Morgan fingerprint density at radius 2 is 1.53 bits per heavy atom. The second-order valence-electron chi connectivity index (χ2n) is 8.88. The Labute approximate surface area is 212 Å². The maximum Gasteiger partial charge on any atom is 0.322 e. The predicted octanol–water partition coefficient (Wildman–Crippen LogP) is 4.71. The standard InChI is InChI=1S/C28H33N5O3/c1-20(34)22-11-13-24(14-12-22)30-28(36)33(17-7-16-32(2)3)19-21-10-15-26(25(29)18-21)31-27(35)23-8-5-4-6-9-23/h4-6,8-15,18H,7,16-17,19,29H2,1-3H3,(H,30,36)(H,31,35). The van der Waals surface area contributed by atoms with Crippen molar-refractivity contribution in [3.8, 4) is 0 Å². The van der Waals surface area contributed by atoms with Gasteiger partial charge in [0, 0.05) is 29.9 Å². The molecule has 0 aromatic heterocycles. The van der Waals surface area contributed by atoms with Crippen LogP contribution < -0.4 is 16.4 Å². The number of benzene rings is 3. The first-order chi connectivity index (χ1) is 17.2. The molecule has 3 aromatic carbocycles. The smallest absolute Gasteiger partial charge is 0.322 e. The Balaban J connectivity index is 1.70. The van der Waals surface area contributed by atoms with Gasteiger partial charge in [-0.25, -0.2) is 4.79 Å². The number of hydrogen-bond acceptors (Lipinski definition) is 5. The Kier molecular flexibility index (Phi) is 9.19. The number of Topliss-reactive ketones (excluding diaryl/α,β-unsaturated/α-hetero) is 1. The van der Waals surface area contributed by atoms with Crippen molar-refractivity contribution in [2.75, 3.05) is 43.6 Å². The van der Waals surface area contributed by atoms with Gasteiger partial charge >= 0.3 is 6.03 Å². The molecule has 0 fully saturated rings. The van der Waals surface area contributed by atoms with Crippen molar-refractivity contribution in [2.45, 2.75) is 19.9 Å². The van der Waals surface area contributed by atoms with Crippen LogP contribution in [0.25, 0.3) is 0 Å². The number of rotatable bonds is 10. The molecule has 8 heteroatoms. The number of urea groups is 1. The third kappa shape index (κ3) is 7.68. The van der Waals surface area contributed by atoms with Crippen LogP contribution in [-0.4, -0.2) is 54.7 Å². The van der Waals surface area contributed by atoms with Crippen LogP contribution in [0.3, 0.4) is 0 Å². The highest BCUT2D eigenvalue weighted by Crippen LogP contribution is 2.22. The zero-order valence-electron chi connectivity index (χ0n) is 21.0. The van der Waals surface area contributed by atoms with Gasteiger partial charge in [0.2, 0.25) is 0 Å². The summed E-state index contributed by atoms with van der Waals surface area (Å²) in [5.41, 5.74) is 9.76. The van der Waals surface area contributed by atoms with Crippen molar-refractivity contribution in [1.82, 2.24) is 9.80 Å². The minimum Gasteiger partial charge on any atom is -0.397 e. The fourth-order valence-electron chi connectivity index (χ4n) is 3.65. The first-order valence-corrected chi connectivity index (χ1v) is 11.8. The number of anilines is 3. The summed E-state index contributed by atoms with van der Waals surface area (Å²) in [7, 11) is 3.98. The molecule has 0 saturated heterocycles. The van der Waals surface area contributed by atoms with E-state index < -0.39 is 0 Å². The van der Waals surface area contributed by atoms with Gasteiger partial charge in [-0.05, 0) is 88.1 Å². The molecule has 3 rings (SSSR count). The van der Waals surface area contributed by atoms with Gasteiger partial charge in [-0.2, -0.15) is 0 Å². The maximum absolute atomic E-state index is 13.1. The largest absolute Gasteiger partial charge is 0.397 e. The molecule has 36 heavy (non-hydrogen) atoms. The van der Waals surface area contributed by atoms with Crippen LogP contribution in [0, 0.1) is 0 Å². The number of nitrogens with zero attached hydrogens (tertiary/aromatic N) is 2. The lowest BCUT2D eigenvalue weighted by Crippen LogP contribution is -2.36. The lowest BCUT2D eigenvalue weighted by atomic mass is 10.1. The molecule has 3 aromatic rings. The van der Waals surface area contributed by atoms with E-state index in [0.29, 0.717) is 41.3 Å². The first-order valence-electron chi connectivity index (χ1n) is 11.8. The molecule has 0 heterocycles. The second kappa shape index (κ2) is 12.5. The Hall–Kier alpha value is -4.17. The minimum absolute atomic E-state index is 0.0285. The van der Waals surface area contributed by atoms with Gasteiger partial charge in [-0.3, -0.25) is 9.59 Å². The number of ketones is 1. The number of nitrogens with two attached hydrogens (primary N) is 1. The zero-order valence-corrected chi connectivity index (χ0v) is 21.0. The van der Waals surface area contributed by atoms with Crippen LogP contribution >= 0.6 is 0 Å². The van der Waals surface area contributed by atoms with E-state index in [1.807, 2.05) is 26.2 Å². The number of carbonyl (C=O) groups is 3. The summed E-state index contributed by atoms with van der Waals surface area (Å²) >= 11 is 0. The van der Waals surface area contributed by atoms with Crippen molar-refractivity contribution < 1.29 is 14.4 Å². The predicted molar refractivity (Wildman–Crippen MR) is 144 cm³/mol. The van der Waals surface area contributed by atoms with Gasteiger partial charge in [-0.15, -0.1) is 0 Å². The number of hydrogen-bond donors (Lipinski definition) is 3. The molecule has 188 valence electrons. The molecule has 0 atom stereocenters. The summed E-state index contributed by atoms with van der Waals surface area (Å²) in [4.78, 5) is 40.9. The third-order valence-corrected chi connectivity index (χ3v) is 5.64. The molecule has 0 spiro atoms. The fourth-order valence-corrected chi connectivity index (χ4v) is 3.65. The van der Waals surface area contributed by atoms with Crippen LogP contribution in [0.15, 0.2) is 72.8 Å². The topological polar surface area (TPSA) is 108 Å². The molecule has 0 aliphatic rings. The number of nitrogens with one attached hydrogen (secondary N) is 2. The van der Waals surface area contributed by atoms with Crippen LogP contribution in [-0.2, 0) is 6.54 Å². The summed E-state index contributed by atoms with van der Waals surface area (Å²) in [5.74, 6) is -0.269. The van der Waals surface area contributed by atoms with Crippen molar-refractivity contribution in [3.05, 3.63) is 89.5 Å². The average molecular weight is 488 g/mol. The second-order valence-corrected chi connectivity index (χ2v) is 8.88. The normalized spacial score (nSPS) is 10.7. The Morgan fingerprint density at radius 3 is 2.14 bits per heavy atom. The maximum atomic E-state index is 13.1. The number of amides is 3. The van der Waals surface area contributed by atoms with Crippen LogP contribution in [0.2, 0.25) is 0 Å². The molecular formula is C28H33N5O3. The van der Waals surface area contributed by atoms with Gasteiger partial charge in [0.05, 0.1) is 11.4 Å². The van der Waals surface area contributed by atoms with Gasteiger partial charge in [-0.1, -0.05) is 24.3 Å². The first kappa shape index (κ1) is 26.4. The molecule has 0 radical (unpaired) electrons. The van der Waals surface area contributed by atoms with E-state index >= 15 is 0 Å². The molecule has 0 aliphatic heterocycles. The van der Waals surface area contributed by atoms with Crippen LogP contribution in [0.4, 0.5) is 21.9 Å². The Bertz CT molecular complexity index is 1190. The van der Waals surface area contributed by atoms with Crippen molar-refractivity contribution in [1.29, 1.82) is 0 Å². The molecule has 0 unspecified atom stereocenters. The van der Waals surface area contributed by atoms with Crippen LogP contribution in [0.5, 0.6) is 0 Å². The fraction of sp³-hybridized carbons (Fsp3) is 0.250. The lowest BCUT2D eigenvalue weighted by Gasteiger charge is -2.24. The summed E-state index contributed by atoms with van der Waals surface area (Å²) < 4.78 is 0. The SMILES string of the molecule is CC(=O)c1ccc(NC(=O)N(CCCN(C)C)Cc2ccc(NC(=O)c3ccccc3)c(N)c2)cc1. The van der Waals surface area contributed by atoms with E-state index in [9.17, 15) is 14.4 Å². The Morgan fingerprint density at radius 1 is 0.833 bits per heavy atom. The third-order valence-electron chi connectivity index (χ3n) is 5.64. The lowest BCUT2D eigenvalue weighted by molar-refractivity contribution is 0.101. The molecule has 0 aliphatic carbocycles. The van der Waals surface area contributed by atoms with Gasteiger partial charge in [0.25, 0.3) is 5.91 Å². The van der Waals surface area contributed by atoms with Gasteiger partial charge in [0.15, 0.2) is 5.78 Å². The molecule has 4 N–H and O–H groups in total. The highest BCUT2D eigenvalue weighted by molar-refractivity contribution is 6.05.